The molecular formula is C64H119BN2O10P2. The number of phosphoric acid groups is 2. The van der Waals surface area contributed by atoms with Gasteiger partial charge in [0.2, 0.25) is 0 Å². The number of nitrogens with zero attached hydrogens (tertiary/aromatic N) is 2. The molecule has 79 heavy (non-hydrogen) atoms. The highest BCUT2D eigenvalue weighted by atomic mass is 31.2. The van der Waals surface area contributed by atoms with Crippen LogP contribution in [0.4, 0.5) is 0 Å². The van der Waals surface area contributed by atoms with Crippen molar-refractivity contribution in [2.45, 2.75) is 239 Å². The molecule has 3 rings (SSSR count). The van der Waals surface area contributed by atoms with Crippen molar-refractivity contribution in [1.29, 1.82) is 0 Å². The molecule has 2 atom stereocenters. The molecule has 0 N–H and O–H groups in total. The summed E-state index contributed by atoms with van der Waals surface area (Å²) in [6, 6.07) is 17.8. The predicted molar refractivity (Wildman–Crippen MR) is 329 cm³/mol. The molecule has 15 heteroatoms. The third kappa shape index (κ3) is 45.7. The van der Waals surface area contributed by atoms with E-state index in [4.69, 9.17) is 27.4 Å². The maximum absolute atomic E-state index is 11.8. The third-order valence-electron chi connectivity index (χ3n) is 14.9. The van der Waals surface area contributed by atoms with Crippen molar-refractivity contribution in [2.75, 3.05) is 95.0 Å². The zero-order valence-corrected chi connectivity index (χ0v) is 54.1. The summed E-state index contributed by atoms with van der Waals surface area (Å²) < 4.78 is 56.4. The van der Waals surface area contributed by atoms with Gasteiger partial charge in [0.25, 0.3) is 15.6 Å². The number of phosphoric ester groups is 2. The number of benzene rings is 2. The lowest BCUT2D eigenvalue weighted by Gasteiger charge is -2.33. The van der Waals surface area contributed by atoms with Crippen LogP contribution < -0.4 is 15.2 Å². The summed E-state index contributed by atoms with van der Waals surface area (Å²) in [5.41, 5.74) is 5.48. The van der Waals surface area contributed by atoms with Crippen LogP contribution in [0.5, 0.6) is 0 Å². The Bertz CT molecular complexity index is 1830. The first-order valence-electron chi connectivity index (χ1n) is 31.8. The van der Waals surface area contributed by atoms with E-state index in [0.717, 1.165) is 63.6 Å². The van der Waals surface area contributed by atoms with Crippen LogP contribution in [-0.4, -0.2) is 111 Å². The molecule has 2 aromatic carbocycles. The van der Waals surface area contributed by atoms with Crippen LogP contribution in [0.1, 0.15) is 236 Å². The molecule has 0 aromatic heterocycles. The molecule has 2 unspecified atom stereocenters. The fourth-order valence-corrected chi connectivity index (χ4v) is 11.0. The Morgan fingerprint density at radius 3 is 0.962 bits per heavy atom. The monoisotopic (exact) mass is 1150 g/mol. The number of hydrogen-bond donors (Lipinski definition) is 0. The van der Waals surface area contributed by atoms with Gasteiger partial charge in [0.15, 0.2) is 0 Å². The smallest absolute Gasteiger partial charge is 0.493 e. The second-order valence-electron chi connectivity index (χ2n) is 25.9. The van der Waals surface area contributed by atoms with E-state index >= 15 is 0 Å². The normalized spacial score (nSPS) is 15.4. The predicted octanol–water partition coefficient (Wildman–Crippen LogP) is 15.4. The highest BCUT2D eigenvalue weighted by Gasteiger charge is 2.33. The summed E-state index contributed by atoms with van der Waals surface area (Å²) >= 11 is 0. The minimum atomic E-state index is -4.15. The topological polar surface area (TPSA) is 136 Å². The number of unbranched alkanes of at least 4 members (excludes halogenated alkanes) is 30. The van der Waals surface area contributed by atoms with Crippen molar-refractivity contribution in [3.63, 3.8) is 0 Å². The van der Waals surface area contributed by atoms with E-state index in [1.54, 1.807) is 0 Å². The Balaban J connectivity index is 0.000000549. The van der Waals surface area contributed by atoms with Crippen LogP contribution in [-0.2, 0) is 49.4 Å². The van der Waals surface area contributed by atoms with Crippen molar-refractivity contribution in [2.24, 2.45) is 5.41 Å². The van der Waals surface area contributed by atoms with Crippen LogP contribution >= 0.6 is 15.6 Å². The van der Waals surface area contributed by atoms with Crippen molar-refractivity contribution < 1.29 is 55.3 Å². The van der Waals surface area contributed by atoms with Gasteiger partial charge in [0.1, 0.15) is 26.3 Å². The summed E-state index contributed by atoms with van der Waals surface area (Å²) in [5.74, 6) is 0. The Morgan fingerprint density at radius 2 is 0.671 bits per heavy atom. The zero-order chi connectivity index (χ0) is 58.0. The molecule has 0 aliphatic carbocycles. The van der Waals surface area contributed by atoms with E-state index in [9.17, 15) is 18.9 Å². The number of rotatable bonds is 49. The standard InChI is InChI=1S/C34H63BNO6P.C30H56NO4P/c1-34(2)30-39-35(40-31-34)33-25-23-32(24-26-33)22-20-18-16-14-12-10-8-6-7-9-11-13-15-17-19-21-28-41-43(37,38)42-29-27-36(3,4)5;1-29-22-24-30(25-23-29)21-19-17-15-13-11-9-7-5-6-8-10-12-14-16-18-20-27-34-36(32,33)35-28-26-31(2,3)4/h23-26H,6-22,27-31H2,1-5H3;22-25H,5-21,26-28H2,1-4H3. The van der Waals surface area contributed by atoms with Crippen LogP contribution in [0.3, 0.4) is 0 Å². The van der Waals surface area contributed by atoms with Crippen molar-refractivity contribution in [3.05, 3.63) is 65.2 Å². The minimum Gasteiger partial charge on any atom is -0.756 e. The van der Waals surface area contributed by atoms with Crippen LogP contribution in [0.25, 0.3) is 0 Å². The summed E-state index contributed by atoms with van der Waals surface area (Å²) in [6.07, 6.45) is 43.2. The van der Waals surface area contributed by atoms with Crippen molar-refractivity contribution in [1.82, 2.24) is 0 Å². The Labute approximate surface area is 486 Å². The molecule has 0 bridgehead atoms. The second-order valence-corrected chi connectivity index (χ2v) is 28.7. The lowest BCUT2D eigenvalue weighted by atomic mass is 9.75. The van der Waals surface area contributed by atoms with Crippen LogP contribution in [0, 0.1) is 12.3 Å². The van der Waals surface area contributed by atoms with E-state index < -0.39 is 15.6 Å². The minimum absolute atomic E-state index is 0.108. The quantitative estimate of drug-likeness (QED) is 0.0273. The van der Waals surface area contributed by atoms with E-state index in [2.05, 4.69) is 69.3 Å². The SMILES string of the molecule is CC1(C)COB(c2ccc(CCCCCCCCCCCCCCCCCCOP(=O)([O-])OCC[N+](C)(C)C)cc2)OC1.Cc1ccc(CCCCCCCCCCCCCCCCCCOP(=O)([O-])OCC[N+](C)(C)C)cc1. The molecule has 458 valence electrons. The first-order valence-corrected chi connectivity index (χ1v) is 34.7. The van der Waals surface area contributed by atoms with Gasteiger partial charge >= 0.3 is 7.12 Å². The number of hydrogen-bond acceptors (Lipinski definition) is 10. The Kier molecular flexibility index (Phi) is 41.1. The maximum atomic E-state index is 11.8. The molecule has 1 aliphatic heterocycles. The molecule has 0 amide bonds. The van der Waals surface area contributed by atoms with E-state index in [-0.39, 0.29) is 39.0 Å². The number of quaternary nitrogens is 2. The van der Waals surface area contributed by atoms with Gasteiger partial charge in [-0.1, -0.05) is 248 Å². The Hall–Kier alpha value is -1.44. The lowest BCUT2D eigenvalue weighted by Crippen LogP contribution is -2.47. The second kappa shape index (κ2) is 44.1. The van der Waals surface area contributed by atoms with Crippen LogP contribution in [0.2, 0.25) is 0 Å². The molecule has 2 aromatic rings. The molecule has 1 heterocycles. The third-order valence-corrected chi connectivity index (χ3v) is 16.9. The molecule has 12 nitrogen and oxygen atoms in total. The van der Waals surface area contributed by atoms with Gasteiger partial charge in [-0.2, -0.15) is 0 Å². The zero-order valence-electron chi connectivity index (χ0n) is 52.3. The summed E-state index contributed by atoms with van der Waals surface area (Å²) in [7, 11) is 3.48. The molecule has 1 fully saturated rings. The van der Waals surface area contributed by atoms with E-state index in [1.807, 2.05) is 42.3 Å². The Morgan fingerprint density at radius 1 is 0.418 bits per heavy atom. The van der Waals surface area contributed by atoms with Crippen molar-refractivity contribution >= 4 is 28.2 Å². The first kappa shape index (κ1) is 73.7. The largest absolute Gasteiger partial charge is 0.756 e. The fourth-order valence-electron chi connectivity index (χ4n) is 9.57. The molecule has 0 spiro atoms. The number of likely N-dealkylation sites (N-methyl/N-ethyl adjacent to an activating group) is 2. The lowest BCUT2D eigenvalue weighted by molar-refractivity contribution is -0.870. The molecule has 0 saturated carbocycles. The molecule has 0 radical (unpaired) electrons. The van der Waals surface area contributed by atoms with Gasteiger partial charge in [-0.05, 0) is 62.0 Å². The average molecular weight is 1150 g/mol. The van der Waals surface area contributed by atoms with Gasteiger partial charge in [0.05, 0.1) is 55.5 Å². The molecule has 1 aliphatic rings. The van der Waals surface area contributed by atoms with E-state index in [1.165, 1.54) is 190 Å². The van der Waals surface area contributed by atoms with Gasteiger partial charge in [-0.25, -0.2) is 0 Å². The van der Waals surface area contributed by atoms with Gasteiger partial charge in [-0.15, -0.1) is 0 Å². The first-order chi connectivity index (χ1) is 37.6. The van der Waals surface area contributed by atoms with Gasteiger partial charge in [-0.3, -0.25) is 9.13 Å². The number of aryl methyl sites for hydroxylation is 3. The highest BCUT2D eigenvalue weighted by molar-refractivity contribution is 7.46. The van der Waals surface area contributed by atoms with Crippen molar-refractivity contribution in [3.8, 4) is 0 Å². The maximum Gasteiger partial charge on any atom is 0.493 e. The summed E-state index contributed by atoms with van der Waals surface area (Å²) in [6.45, 7) is 10.0. The highest BCUT2D eigenvalue weighted by Crippen LogP contribution is 2.39. The summed E-state index contributed by atoms with van der Waals surface area (Å²) in [4.78, 5) is 23.5. The summed E-state index contributed by atoms with van der Waals surface area (Å²) in [5, 5.41) is 0. The molecule has 1 saturated heterocycles. The van der Waals surface area contributed by atoms with Gasteiger partial charge in [0, 0.05) is 18.6 Å². The molecular weight excluding hydrogens is 1030 g/mol. The van der Waals surface area contributed by atoms with E-state index in [0.29, 0.717) is 22.1 Å². The fraction of sp³-hybridized carbons (Fsp3) is 0.812. The van der Waals surface area contributed by atoms with Crippen LogP contribution in [0.15, 0.2) is 48.5 Å². The average Bonchev–Trinajstić information content (AvgIpc) is 3.38. The van der Waals surface area contributed by atoms with Gasteiger partial charge < -0.3 is 46.2 Å².